The zero-order valence-corrected chi connectivity index (χ0v) is 18.8. The van der Waals surface area contributed by atoms with E-state index in [0.717, 1.165) is 49.3 Å². The standard InChI is InChI=1S/C22H22Cl2N4O3/c1-29-15-7-16(30-2)20(24)18(19(15)23)14-5-12-8-26-17(25)6-13(12)21(27-14)28-9-22(10-28)3-4-31-11-22/h5-8H,3-4,9-11H2,1-2H3,(H2,25,26). The first kappa shape index (κ1) is 20.4. The summed E-state index contributed by atoms with van der Waals surface area (Å²) in [5.74, 6) is 2.19. The molecule has 1 spiro atoms. The number of fused-ring (bicyclic) bond motifs is 1. The van der Waals surface area contributed by atoms with E-state index in [2.05, 4.69) is 9.88 Å². The van der Waals surface area contributed by atoms with Crippen LogP contribution in [0.5, 0.6) is 11.5 Å². The molecule has 0 bridgehead atoms. The second-order valence-corrected chi connectivity index (χ2v) is 8.86. The zero-order valence-electron chi connectivity index (χ0n) is 17.2. The van der Waals surface area contributed by atoms with Gasteiger partial charge in [-0.25, -0.2) is 9.97 Å². The van der Waals surface area contributed by atoms with Gasteiger partial charge < -0.3 is 24.8 Å². The lowest BCUT2D eigenvalue weighted by Crippen LogP contribution is -2.57. The number of methoxy groups -OCH3 is 2. The van der Waals surface area contributed by atoms with Crippen LogP contribution in [0.3, 0.4) is 0 Å². The van der Waals surface area contributed by atoms with Crippen molar-refractivity contribution in [3.8, 4) is 22.8 Å². The van der Waals surface area contributed by atoms with Gasteiger partial charge in [-0.05, 0) is 18.6 Å². The van der Waals surface area contributed by atoms with Gasteiger partial charge >= 0.3 is 0 Å². The first-order chi connectivity index (χ1) is 14.9. The molecular formula is C22H22Cl2N4O3. The Morgan fingerprint density at radius 3 is 2.42 bits per heavy atom. The van der Waals surface area contributed by atoms with Gasteiger partial charge in [0.2, 0.25) is 0 Å². The minimum Gasteiger partial charge on any atom is -0.495 e. The number of nitrogens with zero attached hydrogens (tertiary/aromatic N) is 3. The highest BCUT2D eigenvalue weighted by atomic mass is 35.5. The van der Waals surface area contributed by atoms with Crippen molar-refractivity contribution in [3.63, 3.8) is 0 Å². The molecule has 2 fully saturated rings. The number of hydrogen-bond donors (Lipinski definition) is 1. The Labute approximate surface area is 190 Å². The highest BCUT2D eigenvalue weighted by Crippen LogP contribution is 2.48. The Morgan fingerprint density at radius 1 is 1.10 bits per heavy atom. The predicted octanol–water partition coefficient (Wildman–Crippen LogP) is 4.43. The first-order valence-corrected chi connectivity index (χ1v) is 10.7. The normalized spacial score (nSPS) is 17.2. The fourth-order valence-electron chi connectivity index (χ4n) is 4.44. The van der Waals surface area contributed by atoms with E-state index < -0.39 is 0 Å². The summed E-state index contributed by atoms with van der Waals surface area (Å²) in [4.78, 5) is 11.5. The molecule has 5 rings (SSSR count). The van der Waals surface area contributed by atoms with Gasteiger partial charge in [-0.1, -0.05) is 23.2 Å². The van der Waals surface area contributed by atoms with Crippen LogP contribution in [0.25, 0.3) is 22.0 Å². The summed E-state index contributed by atoms with van der Waals surface area (Å²) in [6.45, 7) is 3.36. The number of benzene rings is 1. The Morgan fingerprint density at radius 2 is 1.81 bits per heavy atom. The molecule has 2 N–H and O–H groups in total. The maximum absolute atomic E-state index is 6.66. The van der Waals surface area contributed by atoms with Gasteiger partial charge in [0.05, 0.1) is 36.6 Å². The van der Waals surface area contributed by atoms with Crippen LogP contribution in [0, 0.1) is 5.41 Å². The summed E-state index contributed by atoms with van der Waals surface area (Å²) in [6, 6.07) is 5.43. The van der Waals surface area contributed by atoms with Crippen LogP contribution in [-0.2, 0) is 4.74 Å². The van der Waals surface area contributed by atoms with Crippen LogP contribution in [-0.4, -0.2) is 50.5 Å². The van der Waals surface area contributed by atoms with E-state index in [-0.39, 0.29) is 5.41 Å². The van der Waals surface area contributed by atoms with E-state index >= 15 is 0 Å². The van der Waals surface area contributed by atoms with Crippen molar-refractivity contribution in [1.29, 1.82) is 0 Å². The molecule has 2 aromatic heterocycles. The Balaban J connectivity index is 1.69. The van der Waals surface area contributed by atoms with E-state index in [4.69, 9.17) is 48.1 Å². The van der Waals surface area contributed by atoms with E-state index in [9.17, 15) is 0 Å². The number of ether oxygens (including phenoxy) is 3. The fraction of sp³-hybridized carbons (Fsp3) is 0.364. The first-order valence-electron chi connectivity index (χ1n) is 9.94. The van der Waals surface area contributed by atoms with Crippen molar-refractivity contribution in [2.75, 3.05) is 51.2 Å². The highest BCUT2D eigenvalue weighted by Gasteiger charge is 2.46. The average Bonchev–Trinajstić information content (AvgIpc) is 3.23. The molecule has 162 valence electrons. The third-order valence-corrected chi connectivity index (χ3v) is 6.83. The molecule has 7 nitrogen and oxygen atoms in total. The van der Waals surface area contributed by atoms with Crippen LogP contribution in [0.2, 0.25) is 10.0 Å². The second kappa shape index (κ2) is 7.58. The van der Waals surface area contributed by atoms with Crippen LogP contribution >= 0.6 is 23.2 Å². The van der Waals surface area contributed by atoms with Crippen molar-refractivity contribution in [1.82, 2.24) is 9.97 Å². The van der Waals surface area contributed by atoms with Crippen LogP contribution < -0.4 is 20.1 Å². The smallest absolute Gasteiger partial charge is 0.141 e. The number of rotatable bonds is 4. The van der Waals surface area contributed by atoms with Crippen molar-refractivity contribution in [3.05, 3.63) is 34.4 Å². The molecule has 2 aliphatic heterocycles. The van der Waals surface area contributed by atoms with E-state index in [1.165, 1.54) is 0 Å². The highest BCUT2D eigenvalue weighted by molar-refractivity contribution is 6.41. The third kappa shape index (κ3) is 3.32. The molecule has 0 radical (unpaired) electrons. The average molecular weight is 461 g/mol. The second-order valence-electron chi connectivity index (χ2n) is 8.10. The van der Waals surface area contributed by atoms with E-state index in [1.807, 2.05) is 12.1 Å². The summed E-state index contributed by atoms with van der Waals surface area (Å²) in [5.41, 5.74) is 7.36. The van der Waals surface area contributed by atoms with Crippen molar-refractivity contribution < 1.29 is 14.2 Å². The monoisotopic (exact) mass is 460 g/mol. The lowest BCUT2D eigenvalue weighted by molar-refractivity contribution is 0.131. The molecule has 2 aliphatic rings. The van der Waals surface area contributed by atoms with E-state index in [0.29, 0.717) is 38.6 Å². The topological polar surface area (TPSA) is 82.7 Å². The van der Waals surface area contributed by atoms with Gasteiger partial charge in [0.1, 0.15) is 23.1 Å². The molecule has 9 heteroatoms. The van der Waals surface area contributed by atoms with Gasteiger partial charge in [0, 0.05) is 53.7 Å². The summed E-state index contributed by atoms with van der Waals surface area (Å²) >= 11 is 13.3. The number of hydrogen-bond acceptors (Lipinski definition) is 7. The lowest BCUT2D eigenvalue weighted by atomic mass is 9.79. The number of nitrogens with two attached hydrogens (primary N) is 1. The molecule has 0 saturated carbocycles. The van der Waals surface area contributed by atoms with Gasteiger partial charge in [0.25, 0.3) is 0 Å². The summed E-state index contributed by atoms with van der Waals surface area (Å²) < 4.78 is 16.5. The molecule has 1 aromatic carbocycles. The molecule has 0 unspecified atom stereocenters. The molecule has 3 aromatic rings. The molecule has 0 atom stereocenters. The predicted molar refractivity (Wildman–Crippen MR) is 123 cm³/mol. The van der Waals surface area contributed by atoms with Gasteiger partial charge in [-0.3, -0.25) is 0 Å². The maximum atomic E-state index is 6.66. The molecule has 2 saturated heterocycles. The summed E-state index contributed by atoms with van der Waals surface area (Å²) in [5, 5.41) is 2.58. The number of pyridine rings is 2. The Hall–Kier alpha value is -2.48. The zero-order chi connectivity index (χ0) is 21.8. The minimum absolute atomic E-state index is 0.205. The molecule has 0 amide bonds. The van der Waals surface area contributed by atoms with Gasteiger partial charge in [-0.15, -0.1) is 0 Å². The number of nitrogen functional groups attached to an aromatic ring is 1. The summed E-state index contributed by atoms with van der Waals surface area (Å²) in [7, 11) is 3.10. The lowest BCUT2D eigenvalue weighted by Gasteiger charge is -2.48. The number of halogens is 2. The minimum atomic E-state index is 0.205. The number of aromatic nitrogens is 2. The van der Waals surface area contributed by atoms with Crippen LogP contribution in [0.15, 0.2) is 24.4 Å². The molecule has 4 heterocycles. The largest absolute Gasteiger partial charge is 0.495 e. The molecular weight excluding hydrogens is 439 g/mol. The van der Waals surface area contributed by atoms with Gasteiger partial charge in [-0.2, -0.15) is 0 Å². The molecule has 31 heavy (non-hydrogen) atoms. The van der Waals surface area contributed by atoms with E-state index in [1.54, 1.807) is 26.5 Å². The Kier molecular flexibility index (Phi) is 5.00. The van der Waals surface area contributed by atoms with Crippen molar-refractivity contribution in [2.45, 2.75) is 6.42 Å². The molecule has 0 aliphatic carbocycles. The fourth-order valence-corrected chi connectivity index (χ4v) is 5.13. The van der Waals surface area contributed by atoms with Crippen molar-refractivity contribution in [2.24, 2.45) is 5.41 Å². The Bertz CT molecular complexity index is 1150. The number of anilines is 2. The van der Waals surface area contributed by atoms with Gasteiger partial charge in [0.15, 0.2) is 0 Å². The summed E-state index contributed by atoms with van der Waals surface area (Å²) in [6.07, 6.45) is 2.81. The SMILES string of the molecule is COc1cc(OC)c(Cl)c(-c2cc3cnc(N)cc3c(N3CC4(CCOC4)C3)n2)c1Cl. The van der Waals surface area contributed by atoms with Crippen LogP contribution in [0.4, 0.5) is 11.6 Å². The quantitative estimate of drug-likeness (QED) is 0.616. The maximum Gasteiger partial charge on any atom is 0.141 e. The van der Waals surface area contributed by atoms with Crippen LogP contribution in [0.1, 0.15) is 6.42 Å². The van der Waals surface area contributed by atoms with Crippen molar-refractivity contribution >= 4 is 45.6 Å². The third-order valence-electron chi connectivity index (χ3n) is 6.08.